The third-order valence-electron chi connectivity index (χ3n) is 3.93. The van der Waals surface area contributed by atoms with E-state index in [1.807, 2.05) is 22.6 Å². The summed E-state index contributed by atoms with van der Waals surface area (Å²) in [6.45, 7) is 5.25. The van der Waals surface area contributed by atoms with Crippen molar-refractivity contribution in [3.8, 4) is 11.4 Å². The van der Waals surface area contributed by atoms with E-state index in [1.165, 1.54) is 0 Å². The van der Waals surface area contributed by atoms with Crippen LogP contribution in [-0.2, 0) is 11.3 Å². The average Bonchev–Trinajstić information content (AvgIpc) is 3.16. The molecule has 1 atom stereocenters. The van der Waals surface area contributed by atoms with Crippen molar-refractivity contribution in [3.05, 3.63) is 30.4 Å². The van der Waals surface area contributed by atoms with Crippen LogP contribution in [0.4, 0.5) is 0 Å². The van der Waals surface area contributed by atoms with Crippen molar-refractivity contribution in [1.29, 1.82) is 0 Å². The number of rotatable bonds is 3. The number of carbonyl (C=O) groups is 1. The van der Waals surface area contributed by atoms with E-state index in [0.717, 1.165) is 43.0 Å². The SMILES string of the molecule is CCn1nccc1-c1cncc([C@H]2CCCN2C(C)=O)n1. The Bertz CT molecular complexity index is 651. The predicted molar refractivity (Wildman–Crippen MR) is 78.3 cm³/mol. The number of hydrogen-bond donors (Lipinski definition) is 0. The van der Waals surface area contributed by atoms with Crippen molar-refractivity contribution in [2.45, 2.75) is 39.3 Å². The van der Waals surface area contributed by atoms with Gasteiger partial charge >= 0.3 is 0 Å². The minimum atomic E-state index is 0.0490. The smallest absolute Gasteiger partial charge is 0.220 e. The molecule has 0 aliphatic carbocycles. The summed E-state index contributed by atoms with van der Waals surface area (Å²) in [4.78, 5) is 22.6. The number of aromatic nitrogens is 4. The molecule has 2 aromatic rings. The molecule has 0 aromatic carbocycles. The van der Waals surface area contributed by atoms with Crippen molar-refractivity contribution in [2.75, 3.05) is 6.54 Å². The molecule has 0 N–H and O–H groups in total. The van der Waals surface area contributed by atoms with Gasteiger partial charge < -0.3 is 4.90 Å². The van der Waals surface area contributed by atoms with Crippen LogP contribution in [0.5, 0.6) is 0 Å². The second kappa shape index (κ2) is 5.63. The molecule has 3 heterocycles. The zero-order valence-electron chi connectivity index (χ0n) is 12.4. The lowest BCUT2D eigenvalue weighted by atomic mass is 10.1. The fraction of sp³-hybridized carbons (Fsp3) is 0.467. The highest BCUT2D eigenvalue weighted by atomic mass is 16.2. The average molecular weight is 285 g/mol. The first-order chi connectivity index (χ1) is 10.2. The first kappa shape index (κ1) is 13.7. The van der Waals surface area contributed by atoms with Crippen LogP contribution in [0.3, 0.4) is 0 Å². The second-order valence-corrected chi connectivity index (χ2v) is 5.23. The maximum Gasteiger partial charge on any atom is 0.220 e. The van der Waals surface area contributed by atoms with Gasteiger partial charge in [0.2, 0.25) is 5.91 Å². The molecule has 0 unspecified atom stereocenters. The van der Waals surface area contributed by atoms with Crippen LogP contribution >= 0.6 is 0 Å². The van der Waals surface area contributed by atoms with E-state index in [9.17, 15) is 4.79 Å². The summed E-state index contributed by atoms with van der Waals surface area (Å²) in [5.41, 5.74) is 2.63. The summed E-state index contributed by atoms with van der Waals surface area (Å²) in [7, 11) is 0. The quantitative estimate of drug-likeness (QED) is 0.865. The Balaban J connectivity index is 1.95. The Morgan fingerprint density at radius 1 is 1.43 bits per heavy atom. The minimum Gasteiger partial charge on any atom is -0.334 e. The Kier molecular flexibility index (Phi) is 3.68. The first-order valence-corrected chi connectivity index (χ1v) is 7.32. The van der Waals surface area contributed by atoms with Gasteiger partial charge in [0.15, 0.2) is 0 Å². The monoisotopic (exact) mass is 285 g/mol. The number of carbonyl (C=O) groups excluding carboxylic acids is 1. The highest BCUT2D eigenvalue weighted by Gasteiger charge is 2.29. The highest BCUT2D eigenvalue weighted by molar-refractivity contribution is 5.74. The van der Waals surface area contributed by atoms with Gasteiger partial charge in [-0.05, 0) is 25.8 Å². The molecule has 0 bridgehead atoms. The van der Waals surface area contributed by atoms with Gasteiger partial charge in [-0.1, -0.05) is 0 Å². The summed E-state index contributed by atoms with van der Waals surface area (Å²) in [6, 6.07) is 1.99. The van der Waals surface area contributed by atoms with Crippen molar-refractivity contribution < 1.29 is 4.79 Å². The lowest BCUT2D eigenvalue weighted by Crippen LogP contribution is -2.28. The maximum atomic E-state index is 11.7. The van der Waals surface area contributed by atoms with E-state index in [4.69, 9.17) is 4.98 Å². The van der Waals surface area contributed by atoms with Crippen molar-refractivity contribution >= 4 is 5.91 Å². The van der Waals surface area contributed by atoms with Crippen molar-refractivity contribution in [1.82, 2.24) is 24.6 Å². The molecule has 1 amide bonds. The van der Waals surface area contributed by atoms with E-state index >= 15 is 0 Å². The first-order valence-electron chi connectivity index (χ1n) is 7.32. The number of amides is 1. The molecule has 0 saturated carbocycles. The zero-order chi connectivity index (χ0) is 14.8. The highest BCUT2D eigenvalue weighted by Crippen LogP contribution is 2.31. The molecule has 0 spiro atoms. The summed E-state index contributed by atoms with van der Waals surface area (Å²) >= 11 is 0. The Labute approximate surface area is 123 Å². The largest absolute Gasteiger partial charge is 0.334 e. The lowest BCUT2D eigenvalue weighted by Gasteiger charge is -2.22. The molecule has 6 nitrogen and oxygen atoms in total. The Hall–Kier alpha value is -2.24. The van der Waals surface area contributed by atoms with Gasteiger partial charge in [0, 0.05) is 26.2 Å². The van der Waals surface area contributed by atoms with Crippen molar-refractivity contribution in [2.24, 2.45) is 0 Å². The molecule has 1 aliphatic heterocycles. The molecule has 1 fully saturated rings. The summed E-state index contributed by atoms with van der Waals surface area (Å²) in [6.07, 6.45) is 7.25. The van der Waals surface area contributed by atoms with Gasteiger partial charge in [0.05, 0.1) is 29.8 Å². The van der Waals surface area contributed by atoms with E-state index in [2.05, 4.69) is 10.1 Å². The van der Waals surface area contributed by atoms with Gasteiger partial charge in [-0.25, -0.2) is 4.98 Å². The summed E-state index contributed by atoms with van der Waals surface area (Å²) < 4.78 is 1.89. The van der Waals surface area contributed by atoms with Gasteiger partial charge in [-0.2, -0.15) is 5.10 Å². The van der Waals surface area contributed by atoms with E-state index in [1.54, 1.807) is 25.5 Å². The van der Waals surface area contributed by atoms with Crippen LogP contribution in [0.2, 0.25) is 0 Å². The van der Waals surface area contributed by atoms with Crippen LogP contribution < -0.4 is 0 Å². The normalized spacial score (nSPS) is 18.2. The van der Waals surface area contributed by atoms with Gasteiger partial charge in [0.25, 0.3) is 0 Å². The van der Waals surface area contributed by atoms with Gasteiger partial charge in [-0.15, -0.1) is 0 Å². The number of aryl methyl sites for hydroxylation is 1. The van der Waals surface area contributed by atoms with Crippen LogP contribution in [0.25, 0.3) is 11.4 Å². The molecule has 110 valence electrons. The second-order valence-electron chi connectivity index (χ2n) is 5.23. The predicted octanol–water partition coefficient (Wildman–Crippen LogP) is 2.04. The van der Waals surface area contributed by atoms with Crippen molar-refractivity contribution in [3.63, 3.8) is 0 Å². The third kappa shape index (κ3) is 2.53. The van der Waals surface area contributed by atoms with Crippen LogP contribution in [0.1, 0.15) is 38.4 Å². The summed E-state index contributed by atoms with van der Waals surface area (Å²) in [5, 5.41) is 4.27. The van der Waals surface area contributed by atoms with E-state index < -0.39 is 0 Å². The standard InChI is InChI=1S/C15H19N5O/c1-3-20-15(6-7-17-20)13-10-16-9-12(18-13)14-5-4-8-19(14)11(2)21/h6-7,9-10,14H,3-5,8H2,1-2H3/t14-/m1/s1. The molecule has 6 heteroatoms. The fourth-order valence-electron chi connectivity index (χ4n) is 2.92. The fourth-order valence-corrected chi connectivity index (χ4v) is 2.92. The lowest BCUT2D eigenvalue weighted by molar-refractivity contribution is -0.129. The minimum absolute atomic E-state index is 0.0490. The molecular formula is C15H19N5O. The molecule has 0 radical (unpaired) electrons. The molecule has 3 rings (SSSR count). The molecule has 1 aliphatic rings. The van der Waals surface area contributed by atoms with E-state index in [-0.39, 0.29) is 11.9 Å². The number of nitrogens with zero attached hydrogens (tertiary/aromatic N) is 5. The molecule has 21 heavy (non-hydrogen) atoms. The number of likely N-dealkylation sites (tertiary alicyclic amines) is 1. The zero-order valence-corrected chi connectivity index (χ0v) is 12.4. The Morgan fingerprint density at radius 2 is 2.29 bits per heavy atom. The Morgan fingerprint density at radius 3 is 3.05 bits per heavy atom. The maximum absolute atomic E-state index is 11.7. The topological polar surface area (TPSA) is 63.9 Å². The number of hydrogen-bond acceptors (Lipinski definition) is 4. The molecule has 2 aromatic heterocycles. The van der Waals surface area contributed by atoms with Gasteiger partial charge in [-0.3, -0.25) is 14.5 Å². The third-order valence-corrected chi connectivity index (χ3v) is 3.93. The van der Waals surface area contributed by atoms with Gasteiger partial charge in [0.1, 0.15) is 5.69 Å². The molecule has 1 saturated heterocycles. The molecular weight excluding hydrogens is 266 g/mol. The van der Waals surface area contributed by atoms with Crippen LogP contribution in [0, 0.1) is 0 Å². The van der Waals surface area contributed by atoms with Crippen LogP contribution in [0.15, 0.2) is 24.7 Å². The van der Waals surface area contributed by atoms with Crippen LogP contribution in [-0.4, -0.2) is 37.1 Å². The summed E-state index contributed by atoms with van der Waals surface area (Å²) in [5.74, 6) is 0.100. The van der Waals surface area contributed by atoms with E-state index in [0.29, 0.717) is 0 Å².